The van der Waals surface area contributed by atoms with Gasteiger partial charge in [-0.15, -0.1) is 0 Å². The number of likely N-dealkylation sites (tertiary alicyclic amines) is 1. The molecule has 7 nitrogen and oxygen atoms in total. The summed E-state index contributed by atoms with van der Waals surface area (Å²) in [6.45, 7) is 0.216. The van der Waals surface area contributed by atoms with Crippen LogP contribution < -0.4 is 5.32 Å². The normalized spacial score (nSPS) is 19.8. The number of piperidine rings is 1. The number of nitrogens with one attached hydrogen (secondary N) is 1. The van der Waals surface area contributed by atoms with Crippen molar-refractivity contribution >= 4 is 18.0 Å². The average molecular weight is 472 g/mol. The highest BCUT2D eigenvalue weighted by Gasteiger charge is 2.45. The summed E-state index contributed by atoms with van der Waals surface area (Å²) < 4.78 is 34.3. The molecular formula is C25H26F2N2O5. The maximum absolute atomic E-state index is 14.5. The molecule has 2 N–H and O–H groups in total. The molecule has 1 saturated heterocycles. The van der Waals surface area contributed by atoms with E-state index in [1.807, 2.05) is 53.8 Å². The summed E-state index contributed by atoms with van der Waals surface area (Å²) in [5, 5.41) is 11.2. The Labute approximate surface area is 195 Å². The molecule has 2 aliphatic rings. The fourth-order valence-electron chi connectivity index (χ4n) is 4.71. The Balaban J connectivity index is 1.33. The van der Waals surface area contributed by atoms with Crippen molar-refractivity contribution in [1.82, 2.24) is 10.2 Å². The second-order valence-corrected chi connectivity index (χ2v) is 8.85. The Hall–Kier alpha value is -3.49. The Morgan fingerprint density at radius 3 is 2.26 bits per heavy atom. The lowest BCUT2D eigenvalue weighted by Gasteiger charge is -2.36. The molecule has 0 bridgehead atoms. The number of amides is 2. The zero-order valence-electron chi connectivity index (χ0n) is 18.7. The molecule has 2 atom stereocenters. The minimum atomic E-state index is -3.88. The van der Waals surface area contributed by atoms with E-state index in [1.54, 1.807) is 6.92 Å². The van der Waals surface area contributed by atoms with Crippen LogP contribution in [0.25, 0.3) is 11.1 Å². The van der Waals surface area contributed by atoms with Gasteiger partial charge in [-0.05, 0) is 34.6 Å². The number of ether oxygens (including phenoxy) is 1. The highest BCUT2D eigenvalue weighted by atomic mass is 19.3. The Kier molecular flexibility index (Phi) is 6.54. The SMILES string of the molecule is CC1CCN(C(=O)C(F)(F)CNC(=O)OCC2c3ccccc3-c3ccccc32)CC1C(=O)O. The summed E-state index contributed by atoms with van der Waals surface area (Å²) in [5.74, 6) is -7.83. The number of rotatable bonds is 6. The summed E-state index contributed by atoms with van der Waals surface area (Å²) in [6.07, 6.45) is -0.733. The number of alkyl halides is 2. The van der Waals surface area contributed by atoms with Gasteiger partial charge in [0.05, 0.1) is 12.5 Å². The van der Waals surface area contributed by atoms with Crippen molar-refractivity contribution in [3.8, 4) is 11.1 Å². The highest BCUT2D eigenvalue weighted by Crippen LogP contribution is 2.44. The zero-order chi connectivity index (χ0) is 24.5. The van der Waals surface area contributed by atoms with Crippen LogP contribution in [0.5, 0.6) is 0 Å². The molecule has 2 aromatic rings. The van der Waals surface area contributed by atoms with Gasteiger partial charge in [0.2, 0.25) is 0 Å². The molecule has 0 radical (unpaired) electrons. The Morgan fingerprint density at radius 2 is 1.68 bits per heavy atom. The van der Waals surface area contributed by atoms with Crippen LogP contribution in [0.4, 0.5) is 13.6 Å². The second kappa shape index (κ2) is 9.40. The number of carboxylic acids is 1. The molecule has 2 aromatic carbocycles. The van der Waals surface area contributed by atoms with E-state index in [1.165, 1.54) is 0 Å². The van der Waals surface area contributed by atoms with Gasteiger partial charge in [0.15, 0.2) is 0 Å². The predicted molar refractivity (Wildman–Crippen MR) is 120 cm³/mol. The highest BCUT2D eigenvalue weighted by molar-refractivity contribution is 5.85. The molecule has 4 rings (SSSR count). The predicted octanol–water partition coefficient (Wildman–Crippen LogP) is 3.73. The van der Waals surface area contributed by atoms with Crippen molar-refractivity contribution in [3.63, 3.8) is 0 Å². The van der Waals surface area contributed by atoms with Gasteiger partial charge >= 0.3 is 18.0 Å². The number of carbonyl (C=O) groups excluding carboxylic acids is 2. The molecule has 0 saturated carbocycles. The van der Waals surface area contributed by atoms with E-state index >= 15 is 0 Å². The first-order valence-corrected chi connectivity index (χ1v) is 11.2. The fourth-order valence-corrected chi connectivity index (χ4v) is 4.71. The topological polar surface area (TPSA) is 95.9 Å². The van der Waals surface area contributed by atoms with Crippen molar-refractivity contribution in [2.45, 2.75) is 25.2 Å². The van der Waals surface area contributed by atoms with Crippen LogP contribution in [0.2, 0.25) is 0 Å². The Morgan fingerprint density at radius 1 is 1.09 bits per heavy atom. The molecule has 0 spiro atoms. The lowest BCUT2D eigenvalue weighted by atomic mass is 9.87. The first-order valence-electron chi connectivity index (χ1n) is 11.2. The largest absolute Gasteiger partial charge is 0.481 e. The van der Waals surface area contributed by atoms with Gasteiger partial charge in [0, 0.05) is 19.0 Å². The van der Waals surface area contributed by atoms with Gasteiger partial charge in [-0.2, -0.15) is 8.78 Å². The third-order valence-corrected chi connectivity index (χ3v) is 6.67. The van der Waals surface area contributed by atoms with Gasteiger partial charge in [0.25, 0.3) is 5.91 Å². The smallest absolute Gasteiger partial charge is 0.407 e. The van der Waals surface area contributed by atoms with Crippen LogP contribution in [0.3, 0.4) is 0 Å². The maximum Gasteiger partial charge on any atom is 0.407 e. The van der Waals surface area contributed by atoms with Crippen molar-refractivity contribution in [2.75, 3.05) is 26.2 Å². The molecule has 2 amide bonds. The molecule has 1 aliphatic carbocycles. The molecule has 2 unspecified atom stereocenters. The van der Waals surface area contributed by atoms with E-state index < -0.39 is 36.4 Å². The van der Waals surface area contributed by atoms with E-state index in [-0.39, 0.29) is 31.5 Å². The van der Waals surface area contributed by atoms with E-state index in [0.29, 0.717) is 6.42 Å². The minimum absolute atomic E-state index is 0.0380. The second-order valence-electron chi connectivity index (χ2n) is 8.85. The average Bonchev–Trinajstić information content (AvgIpc) is 3.15. The van der Waals surface area contributed by atoms with Crippen molar-refractivity contribution < 1.29 is 33.0 Å². The molecule has 1 heterocycles. The molecule has 1 fully saturated rings. The number of nitrogens with zero attached hydrogens (tertiary/aromatic N) is 1. The molecule has 0 aromatic heterocycles. The number of benzene rings is 2. The van der Waals surface area contributed by atoms with E-state index in [2.05, 4.69) is 0 Å². The lowest BCUT2D eigenvalue weighted by molar-refractivity contribution is -0.162. The first-order chi connectivity index (χ1) is 16.2. The number of hydrogen-bond acceptors (Lipinski definition) is 4. The van der Waals surface area contributed by atoms with E-state index in [0.717, 1.165) is 27.2 Å². The number of halogens is 2. The third kappa shape index (κ3) is 4.60. The summed E-state index contributed by atoms with van der Waals surface area (Å²) in [5.41, 5.74) is 4.06. The van der Waals surface area contributed by atoms with Gasteiger partial charge < -0.3 is 20.1 Å². The summed E-state index contributed by atoms with van der Waals surface area (Å²) in [4.78, 5) is 36.7. The maximum atomic E-state index is 14.5. The van der Waals surface area contributed by atoms with Crippen molar-refractivity contribution in [1.29, 1.82) is 0 Å². The number of carbonyl (C=O) groups is 3. The standard InChI is InChI=1S/C25H26F2N2O5/c1-15-10-11-29(12-20(15)22(30)31)23(32)25(26,27)14-28-24(33)34-13-21-18-8-4-2-6-16(18)17-7-3-5-9-19(17)21/h2-9,15,20-21H,10-14H2,1H3,(H,28,33)(H,30,31). The van der Waals surface area contributed by atoms with Gasteiger partial charge in [-0.25, -0.2) is 4.79 Å². The number of hydrogen-bond donors (Lipinski definition) is 2. The van der Waals surface area contributed by atoms with Gasteiger partial charge in [-0.3, -0.25) is 9.59 Å². The van der Waals surface area contributed by atoms with Gasteiger partial charge in [-0.1, -0.05) is 55.5 Å². The summed E-state index contributed by atoms with van der Waals surface area (Å²) in [6, 6.07) is 15.5. The van der Waals surface area contributed by atoms with Gasteiger partial charge in [0.1, 0.15) is 6.61 Å². The van der Waals surface area contributed by atoms with Crippen molar-refractivity contribution in [3.05, 3.63) is 59.7 Å². The Bertz CT molecular complexity index is 1060. The zero-order valence-corrected chi connectivity index (χ0v) is 18.7. The van der Waals surface area contributed by atoms with Crippen molar-refractivity contribution in [2.24, 2.45) is 11.8 Å². The van der Waals surface area contributed by atoms with E-state index in [9.17, 15) is 28.3 Å². The number of carboxylic acid groups (broad SMARTS) is 1. The summed E-state index contributed by atoms with van der Waals surface area (Å²) in [7, 11) is 0. The van der Waals surface area contributed by atoms with Crippen LogP contribution >= 0.6 is 0 Å². The first kappa shape index (κ1) is 23.7. The number of alkyl carbamates (subject to hydrolysis) is 1. The molecule has 34 heavy (non-hydrogen) atoms. The monoisotopic (exact) mass is 472 g/mol. The van der Waals surface area contributed by atoms with Crippen LogP contribution in [0, 0.1) is 11.8 Å². The number of fused-ring (bicyclic) bond motifs is 3. The van der Waals surface area contributed by atoms with E-state index in [4.69, 9.17) is 4.74 Å². The lowest BCUT2D eigenvalue weighted by Crippen LogP contribution is -2.54. The number of aliphatic carboxylic acids is 1. The van der Waals surface area contributed by atoms with Crippen LogP contribution in [-0.2, 0) is 14.3 Å². The van der Waals surface area contributed by atoms with Crippen LogP contribution in [-0.4, -0.2) is 60.1 Å². The molecule has 180 valence electrons. The quantitative estimate of drug-likeness (QED) is 0.668. The van der Waals surface area contributed by atoms with Crippen LogP contribution in [0.15, 0.2) is 48.5 Å². The fraction of sp³-hybridized carbons (Fsp3) is 0.400. The summed E-state index contributed by atoms with van der Waals surface area (Å²) >= 11 is 0. The van der Waals surface area contributed by atoms with Crippen LogP contribution in [0.1, 0.15) is 30.4 Å². The minimum Gasteiger partial charge on any atom is -0.481 e. The third-order valence-electron chi connectivity index (χ3n) is 6.67. The molecular weight excluding hydrogens is 446 g/mol. The molecule has 1 aliphatic heterocycles. The molecule has 9 heteroatoms.